The summed E-state index contributed by atoms with van der Waals surface area (Å²) in [5.74, 6) is -0.979. The Labute approximate surface area is 193 Å². The molecule has 3 amide bonds. The first kappa shape index (κ1) is 23.8. The first-order chi connectivity index (χ1) is 15.4. The van der Waals surface area contributed by atoms with Gasteiger partial charge in [0.05, 0.1) is 16.6 Å². The monoisotopic (exact) mass is 456 g/mol. The molecule has 0 bridgehead atoms. The highest BCUT2D eigenvalue weighted by Gasteiger charge is 2.35. The van der Waals surface area contributed by atoms with Gasteiger partial charge in [0, 0.05) is 37.3 Å². The molecular weight excluding hydrogens is 428 g/mol. The molecule has 1 atom stereocenters. The Morgan fingerprint density at radius 3 is 2.44 bits per heavy atom. The van der Waals surface area contributed by atoms with Crippen molar-refractivity contribution < 1.29 is 14.4 Å². The minimum absolute atomic E-state index is 0.129. The summed E-state index contributed by atoms with van der Waals surface area (Å²) < 4.78 is 0. The molecule has 170 valence electrons. The van der Waals surface area contributed by atoms with E-state index >= 15 is 0 Å². The van der Waals surface area contributed by atoms with Crippen molar-refractivity contribution in [2.45, 2.75) is 20.3 Å². The van der Waals surface area contributed by atoms with E-state index in [0.717, 1.165) is 19.6 Å². The van der Waals surface area contributed by atoms with Gasteiger partial charge in [-0.1, -0.05) is 37.6 Å². The maximum Gasteiger partial charge on any atom is 0.251 e. The molecule has 0 aliphatic carbocycles. The summed E-state index contributed by atoms with van der Waals surface area (Å²) in [6, 6.07) is 13.8. The Morgan fingerprint density at radius 1 is 1.09 bits per heavy atom. The van der Waals surface area contributed by atoms with Crippen LogP contribution in [0, 0.1) is 5.92 Å². The second-order valence-corrected chi connectivity index (χ2v) is 8.11. The zero-order valence-electron chi connectivity index (χ0n) is 18.4. The standard InChI is InChI=1S/C24H29ClN4O3/c1-3-28(4-2)14-13-26-23(31)17-9-11-19(12-10-17)27-24(32)18-15-22(30)29(16-18)21-8-6-5-7-20(21)25/h5-12,18H,3-4,13-16H2,1-2H3,(H,26,31)(H,27,32). The summed E-state index contributed by atoms with van der Waals surface area (Å²) in [4.78, 5) is 41.2. The number of hydrogen-bond donors (Lipinski definition) is 2. The number of amides is 3. The fourth-order valence-corrected chi connectivity index (χ4v) is 3.94. The molecule has 1 heterocycles. The van der Waals surface area contributed by atoms with Gasteiger partial charge in [0.1, 0.15) is 0 Å². The number of likely N-dealkylation sites (N-methyl/N-ethyl adjacent to an activating group) is 1. The predicted octanol–water partition coefficient (Wildman–Crippen LogP) is 3.40. The van der Waals surface area contributed by atoms with Crippen LogP contribution in [0.1, 0.15) is 30.6 Å². The molecule has 1 aliphatic rings. The van der Waals surface area contributed by atoms with Crippen molar-refractivity contribution in [3.8, 4) is 0 Å². The maximum atomic E-state index is 12.7. The molecule has 1 aliphatic heterocycles. The number of carbonyl (C=O) groups excluding carboxylic acids is 3. The Bertz CT molecular complexity index is 960. The van der Waals surface area contributed by atoms with E-state index < -0.39 is 5.92 Å². The molecule has 2 aromatic rings. The molecule has 1 fully saturated rings. The molecule has 8 heteroatoms. The third kappa shape index (κ3) is 5.87. The first-order valence-electron chi connectivity index (χ1n) is 10.9. The van der Waals surface area contributed by atoms with Crippen molar-refractivity contribution in [3.63, 3.8) is 0 Å². The van der Waals surface area contributed by atoms with Gasteiger partial charge < -0.3 is 20.4 Å². The van der Waals surface area contributed by atoms with Crippen LogP contribution in [-0.2, 0) is 9.59 Å². The third-order valence-corrected chi connectivity index (χ3v) is 5.98. The third-order valence-electron chi connectivity index (χ3n) is 5.66. The van der Waals surface area contributed by atoms with Crippen LogP contribution in [0.25, 0.3) is 0 Å². The highest BCUT2D eigenvalue weighted by atomic mass is 35.5. The zero-order chi connectivity index (χ0) is 23.1. The molecule has 32 heavy (non-hydrogen) atoms. The molecule has 0 spiro atoms. The Balaban J connectivity index is 1.53. The number of nitrogens with one attached hydrogen (secondary N) is 2. The summed E-state index contributed by atoms with van der Waals surface area (Å²) in [5.41, 5.74) is 1.73. The summed E-state index contributed by atoms with van der Waals surface area (Å²) >= 11 is 6.20. The topological polar surface area (TPSA) is 81.8 Å². The van der Waals surface area contributed by atoms with E-state index in [1.807, 2.05) is 6.07 Å². The fraction of sp³-hybridized carbons (Fsp3) is 0.375. The lowest BCUT2D eigenvalue weighted by atomic mass is 10.1. The van der Waals surface area contributed by atoms with E-state index in [-0.39, 0.29) is 30.7 Å². The summed E-state index contributed by atoms with van der Waals surface area (Å²) in [6.45, 7) is 7.74. The van der Waals surface area contributed by atoms with Crippen molar-refractivity contribution in [2.24, 2.45) is 5.92 Å². The first-order valence-corrected chi connectivity index (χ1v) is 11.3. The van der Waals surface area contributed by atoms with Crippen LogP contribution < -0.4 is 15.5 Å². The quantitative estimate of drug-likeness (QED) is 0.606. The number of nitrogens with zero attached hydrogens (tertiary/aromatic N) is 2. The second-order valence-electron chi connectivity index (χ2n) is 7.71. The largest absolute Gasteiger partial charge is 0.351 e. The lowest BCUT2D eigenvalue weighted by Gasteiger charge is -2.18. The lowest BCUT2D eigenvalue weighted by molar-refractivity contribution is -0.122. The van der Waals surface area contributed by atoms with Gasteiger partial charge in [0.25, 0.3) is 5.91 Å². The SMILES string of the molecule is CCN(CC)CCNC(=O)c1ccc(NC(=O)C2CC(=O)N(c3ccccc3Cl)C2)cc1. The summed E-state index contributed by atoms with van der Waals surface area (Å²) in [7, 11) is 0. The average molecular weight is 457 g/mol. The van der Waals surface area contributed by atoms with E-state index in [2.05, 4.69) is 29.4 Å². The number of para-hydroxylation sites is 1. The highest BCUT2D eigenvalue weighted by molar-refractivity contribution is 6.33. The van der Waals surface area contributed by atoms with Crippen LogP contribution in [0.2, 0.25) is 5.02 Å². The molecule has 1 unspecified atom stereocenters. The normalized spacial score (nSPS) is 15.8. The van der Waals surface area contributed by atoms with Crippen molar-refractivity contribution in [1.82, 2.24) is 10.2 Å². The van der Waals surface area contributed by atoms with Crippen molar-refractivity contribution >= 4 is 40.7 Å². The minimum atomic E-state index is -0.471. The minimum Gasteiger partial charge on any atom is -0.351 e. The number of benzene rings is 2. The van der Waals surface area contributed by atoms with Crippen molar-refractivity contribution in [3.05, 3.63) is 59.1 Å². The number of hydrogen-bond acceptors (Lipinski definition) is 4. The summed E-state index contributed by atoms with van der Waals surface area (Å²) in [6.07, 6.45) is 0.129. The Hall–Kier alpha value is -2.90. The molecule has 0 saturated carbocycles. The highest BCUT2D eigenvalue weighted by Crippen LogP contribution is 2.31. The summed E-state index contributed by atoms with van der Waals surface area (Å²) in [5, 5.41) is 6.23. The van der Waals surface area contributed by atoms with E-state index in [9.17, 15) is 14.4 Å². The smallest absolute Gasteiger partial charge is 0.251 e. The zero-order valence-corrected chi connectivity index (χ0v) is 19.2. The molecule has 3 rings (SSSR count). The molecule has 0 aromatic heterocycles. The molecule has 0 radical (unpaired) electrons. The number of anilines is 2. The molecule has 2 N–H and O–H groups in total. The predicted molar refractivity (Wildman–Crippen MR) is 127 cm³/mol. The van der Waals surface area contributed by atoms with E-state index in [1.165, 1.54) is 0 Å². The van der Waals surface area contributed by atoms with Crippen LogP contribution in [-0.4, -0.2) is 55.3 Å². The average Bonchev–Trinajstić information content (AvgIpc) is 3.19. The number of carbonyl (C=O) groups is 3. The number of rotatable bonds is 9. The van der Waals surface area contributed by atoms with Crippen LogP contribution in [0.15, 0.2) is 48.5 Å². The maximum absolute atomic E-state index is 12.7. The van der Waals surface area contributed by atoms with Crippen molar-refractivity contribution in [1.29, 1.82) is 0 Å². The van der Waals surface area contributed by atoms with Crippen LogP contribution in [0.3, 0.4) is 0 Å². The van der Waals surface area contributed by atoms with Crippen LogP contribution in [0.5, 0.6) is 0 Å². The molecule has 2 aromatic carbocycles. The van der Waals surface area contributed by atoms with Gasteiger partial charge in [0.15, 0.2) is 0 Å². The van der Waals surface area contributed by atoms with Crippen molar-refractivity contribution in [2.75, 3.05) is 42.9 Å². The molecular formula is C24H29ClN4O3. The van der Waals surface area contributed by atoms with Gasteiger partial charge in [0.2, 0.25) is 11.8 Å². The Kier molecular flexibility index (Phi) is 8.25. The lowest BCUT2D eigenvalue weighted by Crippen LogP contribution is -2.34. The number of halogens is 1. The van der Waals surface area contributed by atoms with E-state index in [4.69, 9.17) is 11.6 Å². The Morgan fingerprint density at radius 2 is 1.78 bits per heavy atom. The van der Waals surface area contributed by atoms with E-state index in [1.54, 1.807) is 47.4 Å². The fourth-order valence-electron chi connectivity index (χ4n) is 3.71. The van der Waals surface area contributed by atoms with E-state index in [0.29, 0.717) is 28.5 Å². The second kappa shape index (κ2) is 11.1. The van der Waals surface area contributed by atoms with Crippen LogP contribution >= 0.6 is 11.6 Å². The van der Waals surface area contributed by atoms with Gasteiger partial charge in [-0.05, 0) is 49.5 Å². The molecule has 1 saturated heterocycles. The van der Waals surface area contributed by atoms with Gasteiger partial charge in [-0.3, -0.25) is 14.4 Å². The van der Waals surface area contributed by atoms with Gasteiger partial charge in [-0.15, -0.1) is 0 Å². The van der Waals surface area contributed by atoms with Gasteiger partial charge in [-0.25, -0.2) is 0 Å². The van der Waals surface area contributed by atoms with Crippen LogP contribution in [0.4, 0.5) is 11.4 Å². The van der Waals surface area contributed by atoms with Gasteiger partial charge >= 0.3 is 0 Å². The van der Waals surface area contributed by atoms with Gasteiger partial charge in [-0.2, -0.15) is 0 Å². The molecule has 7 nitrogen and oxygen atoms in total.